The van der Waals surface area contributed by atoms with Crippen LogP contribution < -0.4 is 4.90 Å². The lowest BCUT2D eigenvalue weighted by atomic mass is 10.1. The third kappa shape index (κ3) is 2.94. The van der Waals surface area contributed by atoms with Crippen LogP contribution in [0, 0.1) is 15.9 Å². The van der Waals surface area contributed by atoms with E-state index in [1.165, 1.54) is 0 Å². The number of likely N-dealkylation sites (N-methyl/N-ethyl adjacent to an activating group) is 1. The summed E-state index contributed by atoms with van der Waals surface area (Å²) in [5.41, 5.74) is -0.560. The first kappa shape index (κ1) is 15.2. The van der Waals surface area contributed by atoms with E-state index in [4.69, 9.17) is 4.74 Å². The van der Waals surface area contributed by atoms with Crippen LogP contribution in [-0.4, -0.2) is 44.3 Å². The lowest BCUT2D eigenvalue weighted by Gasteiger charge is -2.25. The second-order valence-electron chi connectivity index (χ2n) is 4.70. The largest absolute Gasteiger partial charge is 0.465 e. The molecule has 114 valence electrons. The SMILES string of the molecule is COC(=O)c1cc(N(C)C2CCOC2)c([N+](=O)[O-])cc1F. The number of nitrogens with zero attached hydrogens (tertiary/aromatic N) is 2. The van der Waals surface area contributed by atoms with Crippen molar-refractivity contribution in [2.45, 2.75) is 12.5 Å². The van der Waals surface area contributed by atoms with Crippen molar-refractivity contribution in [3.63, 3.8) is 0 Å². The van der Waals surface area contributed by atoms with Crippen molar-refractivity contribution >= 4 is 17.3 Å². The molecule has 1 aromatic rings. The molecule has 1 fully saturated rings. The minimum absolute atomic E-state index is 0.0559. The van der Waals surface area contributed by atoms with Gasteiger partial charge in [-0.25, -0.2) is 9.18 Å². The first-order valence-corrected chi connectivity index (χ1v) is 6.32. The molecule has 1 aliphatic rings. The highest BCUT2D eigenvalue weighted by Crippen LogP contribution is 2.33. The molecule has 8 heteroatoms. The molecule has 1 atom stereocenters. The zero-order chi connectivity index (χ0) is 15.6. The molecule has 1 saturated heterocycles. The number of nitro groups is 1. The molecule has 0 saturated carbocycles. The van der Waals surface area contributed by atoms with Crippen LogP contribution in [0.4, 0.5) is 15.8 Å². The van der Waals surface area contributed by atoms with E-state index >= 15 is 0 Å². The standard InChI is InChI=1S/C13H15FN2O5/c1-15(8-3-4-21-7-8)11-5-9(13(17)20-2)10(14)6-12(11)16(18)19/h5-6,8H,3-4,7H2,1-2H3. The number of carbonyl (C=O) groups excluding carboxylic acids is 1. The number of methoxy groups -OCH3 is 1. The molecule has 1 unspecified atom stereocenters. The number of hydrogen-bond donors (Lipinski definition) is 0. The Hall–Kier alpha value is -2.22. The smallest absolute Gasteiger partial charge is 0.340 e. The number of benzene rings is 1. The van der Waals surface area contributed by atoms with Gasteiger partial charge in [-0.2, -0.15) is 0 Å². The molecular weight excluding hydrogens is 283 g/mol. The van der Waals surface area contributed by atoms with Crippen LogP contribution in [0.2, 0.25) is 0 Å². The highest BCUT2D eigenvalue weighted by molar-refractivity contribution is 5.92. The maximum absolute atomic E-state index is 13.8. The van der Waals surface area contributed by atoms with Gasteiger partial charge in [0.1, 0.15) is 11.5 Å². The molecule has 0 radical (unpaired) electrons. The predicted molar refractivity (Wildman–Crippen MR) is 72.0 cm³/mol. The van der Waals surface area contributed by atoms with Gasteiger partial charge in [-0.05, 0) is 12.5 Å². The van der Waals surface area contributed by atoms with Crippen LogP contribution in [0.25, 0.3) is 0 Å². The number of ether oxygens (including phenoxy) is 2. The molecule has 0 aliphatic carbocycles. The topological polar surface area (TPSA) is 81.9 Å². The van der Waals surface area contributed by atoms with Crippen molar-refractivity contribution in [2.75, 3.05) is 32.3 Å². The molecule has 1 aromatic carbocycles. The Balaban J connectivity index is 2.49. The van der Waals surface area contributed by atoms with Gasteiger partial charge in [-0.15, -0.1) is 0 Å². The van der Waals surface area contributed by atoms with E-state index < -0.39 is 22.4 Å². The van der Waals surface area contributed by atoms with E-state index in [1.54, 1.807) is 11.9 Å². The van der Waals surface area contributed by atoms with Crippen LogP contribution in [-0.2, 0) is 9.47 Å². The molecule has 0 amide bonds. The molecular formula is C13H15FN2O5. The number of anilines is 1. The quantitative estimate of drug-likeness (QED) is 0.478. The summed E-state index contributed by atoms with van der Waals surface area (Å²) < 4.78 is 23.6. The van der Waals surface area contributed by atoms with E-state index in [1.807, 2.05) is 0 Å². The highest BCUT2D eigenvalue weighted by atomic mass is 19.1. The summed E-state index contributed by atoms with van der Waals surface area (Å²) >= 11 is 0. The van der Waals surface area contributed by atoms with Crippen molar-refractivity contribution in [1.82, 2.24) is 0 Å². The fourth-order valence-electron chi connectivity index (χ4n) is 2.27. The number of halogens is 1. The number of carbonyl (C=O) groups is 1. The van der Waals surface area contributed by atoms with Gasteiger partial charge in [-0.3, -0.25) is 10.1 Å². The van der Waals surface area contributed by atoms with Crippen molar-refractivity contribution in [3.05, 3.63) is 33.6 Å². The second kappa shape index (κ2) is 6.04. The summed E-state index contributed by atoms with van der Waals surface area (Å²) in [6.45, 7) is 0.993. The molecule has 21 heavy (non-hydrogen) atoms. The predicted octanol–water partition coefficient (Wildman–Crippen LogP) is 1.75. The normalized spacial score (nSPS) is 17.6. The van der Waals surface area contributed by atoms with Crippen LogP contribution >= 0.6 is 0 Å². The van der Waals surface area contributed by atoms with Gasteiger partial charge in [0.05, 0.1) is 36.3 Å². The third-order valence-corrected chi connectivity index (χ3v) is 3.50. The first-order valence-electron chi connectivity index (χ1n) is 6.32. The van der Waals surface area contributed by atoms with E-state index in [0.29, 0.717) is 19.6 Å². The zero-order valence-electron chi connectivity index (χ0n) is 11.7. The Bertz CT molecular complexity index is 572. The van der Waals surface area contributed by atoms with E-state index in [-0.39, 0.29) is 17.3 Å². The molecule has 0 bridgehead atoms. The van der Waals surface area contributed by atoms with Crippen LogP contribution in [0.1, 0.15) is 16.8 Å². The van der Waals surface area contributed by atoms with Gasteiger partial charge in [0.2, 0.25) is 0 Å². The second-order valence-corrected chi connectivity index (χ2v) is 4.70. The van der Waals surface area contributed by atoms with E-state index in [0.717, 1.165) is 19.2 Å². The number of hydrogen-bond acceptors (Lipinski definition) is 6. The van der Waals surface area contributed by atoms with Gasteiger partial charge >= 0.3 is 5.97 Å². The average Bonchev–Trinajstić information content (AvgIpc) is 2.99. The lowest BCUT2D eigenvalue weighted by molar-refractivity contribution is -0.384. The monoisotopic (exact) mass is 298 g/mol. The summed E-state index contributed by atoms with van der Waals surface area (Å²) in [6.07, 6.45) is 0.707. The van der Waals surface area contributed by atoms with Crippen LogP contribution in [0.3, 0.4) is 0 Å². The van der Waals surface area contributed by atoms with Crippen LogP contribution in [0.15, 0.2) is 12.1 Å². The molecule has 0 aromatic heterocycles. The fourth-order valence-corrected chi connectivity index (χ4v) is 2.27. The summed E-state index contributed by atoms with van der Waals surface area (Å²) in [7, 11) is 2.78. The Morgan fingerprint density at radius 1 is 1.57 bits per heavy atom. The number of nitro benzene ring substituents is 1. The molecule has 0 N–H and O–H groups in total. The summed E-state index contributed by atoms with van der Waals surface area (Å²) in [5, 5.41) is 11.1. The minimum Gasteiger partial charge on any atom is -0.465 e. The maximum atomic E-state index is 13.8. The zero-order valence-corrected chi connectivity index (χ0v) is 11.7. The molecule has 2 rings (SSSR count). The number of rotatable bonds is 4. The molecule has 0 spiro atoms. The Morgan fingerprint density at radius 2 is 2.29 bits per heavy atom. The third-order valence-electron chi connectivity index (χ3n) is 3.50. The van der Waals surface area contributed by atoms with Crippen molar-refractivity contribution < 1.29 is 23.6 Å². The Kier molecular flexibility index (Phi) is 4.37. The van der Waals surface area contributed by atoms with Crippen LogP contribution in [0.5, 0.6) is 0 Å². The highest BCUT2D eigenvalue weighted by Gasteiger charge is 2.29. The van der Waals surface area contributed by atoms with Gasteiger partial charge in [0.25, 0.3) is 5.69 Å². The van der Waals surface area contributed by atoms with Crippen molar-refractivity contribution in [1.29, 1.82) is 0 Å². The van der Waals surface area contributed by atoms with Gasteiger partial charge in [-0.1, -0.05) is 0 Å². The molecule has 1 aliphatic heterocycles. The van der Waals surface area contributed by atoms with E-state index in [9.17, 15) is 19.3 Å². The summed E-state index contributed by atoms with van der Waals surface area (Å²) in [6, 6.07) is 1.84. The van der Waals surface area contributed by atoms with Gasteiger partial charge in [0.15, 0.2) is 0 Å². The molecule has 7 nitrogen and oxygen atoms in total. The minimum atomic E-state index is -0.978. The van der Waals surface area contributed by atoms with Crippen molar-refractivity contribution in [2.24, 2.45) is 0 Å². The average molecular weight is 298 g/mol. The lowest BCUT2D eigenvalue weighted by Crippen LogP contribution is -2.32. The van der Waals surface area contributed by atoms with Gasteiger partial charge in [0, 0.05) is 13.7 Å². The maximum Gasteiger partial charge on any atom is 0.340 e. The van der Waals surface area contributed by atoms with Crippen molar-refractivity contribution in [3.8, 4) is 0 Å². The number of esters is 1. The Labute approximate surface area is 120 Å². The summed E-state index contributed by atoms with van der Waals surface area (Å²) in [5.74, 6) is -1.85. The fraction of sp³-hybridized carbons (Fsp3) is 0.462. The first-order chi connectivity index (χ1) is 9.95. The molecule has 1 heterocycles. The Morgan fingerprint density at radius 3 is 2.81 bits per heavy atom. The van der Waals surface area contributed by atoms with E-state index in [2.05, 4.69) is 4.74 Å². The summed E-state index contributed by atoms with van der Waals surface area (Å²) in [4.78, 5) is 23.6. The van der Waals surface area contributed by atoms with Gasteiger partial charge < -0.3 is 14.4 Å².